The zero-order valence-electron chi connectivity index (χ0n) is 11.2. The molecule has 0 heterocycles. The Morgan fingerprint density at radius 1 is 0.950 bits per heavy atom. The van der Waals surface area contributed by atoms with E-state index in [0.29, 0.717) is 11.1 Å². The molecular formula is C17H15NO2. The lowest BCUT2D eigenvalue weighted by atomic mass is 10.1. The van der Waals surface area contributed by atoms with Crippen LogP contribution in [0.1, 0.15) is 27.6 Å². The summed E-state index contributed by atoms with van der Waals surface area (Å²) in [7, 11) is 0. The molecule has 3 heteroatoms. The van der Waals surface area contributed by atoms with Crippen molar-refractivity contribution in [2.45, 2.75) is 6.92 Å². The SMILES string of the molecule is CC(=O)c1cccc(N/C=C\C(=O)c2ccccc2)c1. The average Bonchev–Trinajstić information content (AvgIpc) is 2.48. The molecule has 3 nitrogen and oxygen atoms in total. The van der Waals surface area contributed by atoms with Gasteiger partial charge in [0.05, 0.1) is 0 Å². The maximum Gasteiger partial charge on any atom is 0.187 e. The number of carbonyl (C=O) groups is 2. The van der Waals surface area contributed by atoms with Gasteiger partial charge >= 0.3 is 0 Å². The summed E-state index contributed by atoms with van der Waals surface area (Å²) in [6, 6.07) is 16.2. The molecule has 0 atom stereocenters. The Hall–Kier alpha value is -2.68. The molecule has 2 aromatic rings. The van der Waals surface area contributed by atoms with Gasteiger partial charge in [0.15, 0.2) is 11.6 Å². The summed E-state index contributed by atoms with van der Waals surface area (Å²) in [4.78, 5) is 23.1. The normalized spacial score (nSPS) is 10.4. The molecular weight excluding hydrogens is 250 g/mol. The van der Waals surface area contributed by atoms with Crippen LogP contribution in [0, 0.1) is 0 Å². The molecule has 0 amide bonds. The minimum Gasteiger partial charge on any atom is -0.362 e. The molecule has 0 spiro atoms. The van der Waals surface area contributed by atoms with Crippen LogP contribution < -0.4 is 5.32 Å². The zero-order chi connectivity index (χ0) is 14.4. The molecule has 0 saturated heterocycles. The highest BCUT2D eigenvalue weighted by Crippen LogP contribution is 2.11. The second-order valence-electron chi connectivity index (χ2n) is 4.34. The summed E-state index contributed by atoms with van der Waals surface area (Å²) in [6.07, 6.45) is 3.05. The van der Waals surface area contributed by atoms with Crippen LogP contribution in [0.3, 0.4) is 0 Å². The van der Waals surface area contributed by atoms with E-state index in [0.717, 1.165) is 5.69 Å². The third kappa shape index (κ3) is 3.65. The first-order valence-electron chi connectivity index (χ1n) is 6.30. The van der Waals surface area contributed by atoms with Crippen molar-refractivity contribution < 1.29 is 9.59 Å². The standard InChI is InChI=1S/C17H15NO2/c1-13(19)15-8-5-9-16(12-15)18-11-10-17(20)14-6-3-2-4-7-14/h2-12,18H,1H3/b11-10-. The summed E-state index contributed by atoms with van der Waals surface area (Å²) < 4.78 is 0. The Morgan fingerprint density at radius 3 is 2.35 bits per heavy atom. The van der Waals surface area contributed by atoms with E-state index in [1.54, 1.807) is 36.5 Å². The highest BCUT2D eigenvalue weighted by molar-refractivity contribution is 6.04. The third-order valence-corrected chi connectivity index (χ3v) is 2.81. The van der Waals surface area contributed by atoms with Crippen LogP contribution in [0.15, 0.2) is 66.9 Å². The molecule has 0 aromatic heterocycles. The molecule has 2 aromatic carbocycles. The Morgan fingerprint density at radius 2 is 1.65 bits per heavy atom. The molecule has 0 unspecified atom stereocenters. The largest absolute Gasteiger partial charge is 0.362 e. The summed E-state index contributed by atoms with van der Waals surface area (Å²) in [6.45, 7) is 1.52. The van der Waals surface area contributed by atoms with Gasteiger partial charge in [-0.3, -0.25) is 9.59 Å². The first kappa shape index (κ1) is 13.7. The van der Waals surface area contributed by atoms with Crippen molar-refractivity contribution in [3.8, 4) is 0 Å². The van der Waals surface area contributed by atoms with Crippen LogP contribution in [-0.4, -0.2) is 11.6 Å². The van der Waals surface area contributed by atoms with Crippen molar-refractivity contribution in [2.24, 2.45) is 0 Å². The highest BCUT2D eigenvalue weighted by atomic mass is 16.1. The third-order valence-electron chi connectivity index (χ3n) is 2.81. The topological polar surface area (TPSA) is 46.2 Å². The van der Waals surface area contributed by atoms with Crippen LogP contribution in [0.25, 0.3) is 0 Å². The number of hydrogen-bond donors (Lipinski definition) is 1. The fourth-order valence-corrected chi connectivity index (χ4v) is 1.74. The lowest BCUT2D eigenvalue weighted by Crippen LogP contribution is -1.97. The van der Waals surface area contributed by atoms with Gasteiger partial charge in [-0.2, -0.15) is 0 Å². The molecule has 0 radical (unpaired) electrons. The first-order valence-corrected chi connectivity index (χ1v) is 6.30. The number of rotatable bonds is 5. The maximum atomic E-state index is 11.8. The number of ketones is 2. The first-order chi connectivity index (χ1) is 9.66. The van der Waals surface area contributed by atoms with Crippen molar-refractivity contribution in [2.75, 3.05) is 5.32 Å². The van der Waals surface area contributed by atoms with Gasteiger partial charge in [0.2, 0.25) is 0 Å². The van der Waals surface area contributed by atoms with Gasteiger partial charge in [0.1, 0.15) is 0 Å². The van der Waals surface area contributed by atoms with Crippen molar-refractivity contribution in [1.82, 2.24) is 0 Å². The van der Waals surface area contributed by atoms with Crippen molar-refractivity contribution >= 4 is 17.3 Å². The number of nitrogens with one attached hydrogen (secondary N) is 1. The number of hydrogen-bond acceptors (Lipinski definition) is 3. The van der Waals surface area contributed by atoms with E-state index in [1.165, 1.54) is 13.0 Å². The van der Waals surface area contributed by atoms with Crippen LogP contribution >= 0.6 is 0 Å². The van der Waals surface area contributed by atoms with Gasteiger partial charge in [-0.25, -0.2) is 0 Å². The van der Waals surface area contributed by atoms with E-state index in [2.05, 4.69) is 5.32 Å². The minimum absolute atomic E-state index is 0.0120. The maximum absolute atomic E-state index is 11.8. The lowest BCUT2D eigenvalue weighted by Gasteiger charge is -2.02. The van der Waals surface area contributed by atoms with Gasteiger partial charge in [0.25, 0.3) is 0 Å². The lowest BCUT2D eigenvalue weighted by molar-refractivity contribution is 0.101. The Bertz CT molecular complexity index is 645. The monoisotopic (exact) mass is 265 g/mol. The molecule has 2 rings (SSSR count). The molecule has 0 fully saturated rings. The van der Waals surface area contributed by atoms with E-state index in [1.807, 2.05) is 24.3 Å². The number of benzene rings is 2. The molecule has 0 aliphatic heterocycles. The number of carbonyl (C=O) groups excluding carboxylic acids is 2. The smallest absolute Gasteiger partial charge is 0.187 e. The van der Waals surface area contributed by atoms with Crippen molar-refractivity contribution in [3.63, 3.8) is 0 Å². The number of anilines is 1. The zero-order valence-corrected chi connectivity index (χ0v) is 11.2. The summed E-state index contributed by atoms with van der Waals surface area (Å²) >= 11 is 0. The highest BCUT2D eigenvalue weighted by Gasteiger charge is 2.00. The fraction of sp³-hybridized carbons (Fsp3) is 0.0588. The summed E-state index contributed by atoms with van der Waals surface area (Å²) in [5, 5.41) is 2.99. The molecule has 0 saturated carbocycles. The van der Waals surface area contributed by atoms with Gasteiger partial charge in [-0.05, 0) is 19.1 Å². The van der Waals surface area contributed by atoms with E-state index < -0.39 is 0 Å². The van der Waals surface area contributed by atoms with Crippen LogP contribution in [0.2, 0.25) is 0 Å². The van der Waals surface area contributed by atoms with Crippen LogP contribution in [0.4, 0.5) is 5.69 Å². The molecule has 20 heavy (non-hydrogen) atoms. The van der Waals surface area contributed by atoms with Gasteiger partial charge in [0, 0.05) is 29.1 Å². The predicted octanol–water partition coefficient (Wildman–Crippen LogP) is 3.70. The van der Waals surface area contributed by atoms with E-state index in [9.17, 15) is 9.59 Å². The molecule has 0 aliphatic carbocycles. The fourth-order valence-electron chi connectivity index (χ4n) is 1.74. The van der Waals surface area contributed by atoms with E-state index >= 15 is 0 Å². The molecule has 100 valence electrons. The number of allylic oxidation sites excluding steroid dienone is 1. The second kappa shape index (κ2) is 6.48. The predicted molar refractivity (Wildman–Crippen MR) is 80.0 cm³/mol. The van der Waals surface area contributed by atoms with Gasteiger partial charge in [-0.15, -0.1) is 0 Å². The Kier molecular flexibility index (Phi) is 4.45. The Labute approximate surface area is 117 Å². The minimum atomic E-state index is -0.0687. The van der Waals surface area contributed by atoms with Crippen LogP contribution in [-0.2, 0) is 0 Å². The summed E-state index contributed by atoms with van der Waals surface area (Å²) in [5.41, 5.74) is 2.05. The quantitative estimate of drug-likeness (QED) is 0.662. The van der Waals surface area contributed by atoms with Crippen molar-refractivity contribution in [1.29, 1.82) is 0 Å². The van der Waals surface area contributed by atoms with Gasteiger partial charge in [-0.1, -0.05) is 42.5 Å². The molecule has 0 bridgehead atoms. The molecule has 0 aliphatic rings. The second-order valence-corrected chi connectivity index (χ2v) is 4.34. The van der Waals surface area contributed by atoms with E-state index in [-0.39, 0.29) is 11.6 Å². The number of Topliss-reactive ketones (excluding diaryl/α,β-unsaturated/α-hetero) is 1. The van der Waals surface area contributed by atoms with Crippen LogP contribution in [0.5, 0.6) is 0 Å². The average molecular weight is 265 g/mol. The Balaban J connectivity index is 2.02. The van der Waals surface area contributed by atoms with Gasteiger partial charge < -0.3 is 5.32 Å². The van der Waals surface area contributed by atoms with E-state index in [4.69, 9.17) is 0 Å². The van der Waals surface area contributed by atoms with Crippen molar-refractivity contribution in [3.05, 3.63) is 78.0 Å². The molecule has 1 N–H and O–H groups in total. The summed E-state index contributed by atoms with van der Waals surface area (Å²) in [5.74, 6) is -0.0567.